The van der Waals surface area contributed by atoms with Crippen LogP contribution in [0.15, 0.2) is 10.6 Å². The largest absolute Gasteiger partial charge is 0.480 e. The summed E-state index contributed by atoms with van der Waals surface area (Å²) in [6.07, 6.45) is 0.968. The molecule has 1 saturated heterocycles. The summed E-state index contributed by atoms with van der Waals surface area (Å²) in [5, 5.41) is 12.8. The topological polar surface area (TPSA) is 79.0 Å². The number of carbonyl (C=O) groups is 1. The Labute approximate surface area is 118 Å². The van der Waals surface area contributed by atoms with E-state index in [0.717, 1.165) is 50.6 Å². The van der Waals surface area contributed by atoms with E-state index >= 15 is 0 Å². The number of hydrogen-bond acceptors (Lipinski definition) is 6. The van der Waals surface area contributed by atoms with E-state index in [1.165, 1.54) is 0 Å². The summed E-state index contributed by atoms with van der Waals surface area (Å²) in [6.45, 7) is 4.68. The Morgan fingerprint density at radius 1 is 1.40 bits per heavy atom. The van der Waals surface area contributed by atoms with Gasteiger partial charge in [0.15, 0.2) is 5.76 Å². The molecule has 0 bridgehead atoms. The minimum Gasteiger partial charge on any atom is -0.480 e. The molecule has 7 heteroatoms. The first kappa shape index (κ1) is 15.0. The van der Waals surface area contributed by atoms with Gasteiger partial charge in [-0.3, -0.25) is 14.6 Å². The average Bonchev–Trinajstić information content (AvgIpc) is 2.71. The molecule has 0 saturated carbocycles. The van der Waals surface area contributed by atoms with Gasteiger partial charge in [0.2, 0.25) is 0 Å². The highest BCUT2D eigenvalue weighted by molar-refractivity contribution is 5.69. The van der Waals surface area contributed by atoms with Gasteiger partial charge in [0.05, 0.1) is 12.2 Å². The van der Waals surface area contributed by atoms with Crippen molar-refractivity contribution >= 4 is 5.97 Å². The van der Waals surface area contributed by atoms with Gasteiger partial charge in [0.25, 0.3) is 0 Å². The van der Waals surface area contributed by atoms with Gasteiger partial charge in [-0.05, 0) is 13.0 Å². The van der Waals surface area contributed by atoms with E-state index in [0.29, 0.717) is 6.61 Å². The second kappa shape index (κ2) is 7.37. The molecule has 20 heavy (non-hydrogen) atoms. The Morgan fingerprint density at radius 3 is 2.90 bits per heavy atom. The molecular weight excluding hydrogens is 262 g/mol. The van der Waals surface area contributed by atoms with Crippen molar-refractivity contribution in [2.75, 3.05) is 39.8 Å². The summed E-state index contributed by atoms with van der Waals surface area (Å²) in [7, 11) is 1.62. The molecule has 2 heterocycles. The summed E-state index contributed by atoms with van der Waals surface area (Å²) in [4.78, 5) is 15.0. The van der Waals surface area contributed by atoms with Gasteiger partial charge in [-0.25, -0.2) is 0 Å². The highest BCUT2D eigenvalue weighted by Crippen LogP contribution is 2.10. The standard InChI is InChI=1S/C13H21N3O4/c1-19-10-12-7-11(14-20-12)8-15-3-2-4-16(6-5-15)9-13(17)18/h7H,2-6,8-10H2,1H3,(H,17,18). The zero-order chi connectivity index (χ0) is 14.4. The molecule has 1 fully saturated rings. The summed E-state index contributed by atoms with van der Waals surface area (Å²) >= 11 is 0. The Balaban J connectivity index is 1.82. The number of carboxylic acid groups (broad SMARTS) is 1. The van der Waals surface area contributed by atoms with Crippen LogP contribution in [-0.2, 0) is 22.7 Å². The van der Waals surface area contributed by atoms with E-state index in [1.54, 1.807) is 7.11 Å². The molecule has 0 atom stereocenters. The van der Waals surface area contributed by atoms with Gasteiger partial charge in [-0.2, -0.15) is 0 Å². The molecule has 0 aliphatic carbocycles. The maximum atomic E-state index is 10.7. The number of ether oxygens (including phenoxy) is 1. The van der Waals surface area contributed by atoms with E-state index in [-0.39, 0.29) is 6.54 Å². The van der Waals surface area contributed by atoms with Crippen LogP contribution in [0, 0.1) is 0 Å². The highest BCUT2D eigenvalue weighted by Gasteiger charge is 2.17. The second-order valence-corrected chi connectivity index (χ2v) is 5.02. The molecule has 0 unspecified atom stereocenters. The van der Waals surface area contributed by atoms with Gasteiger partial charge in [-0.15, -0.1) is 0 Å². The monoisotopic (exact) mass is 283 g/mol. The summed E-state index contributed by atoms with van der Waals surface area (Å²) < 4.78 is 10.2. The molecular formula is C13H21N3O4. The third-order valence-electron chi connectivity index (χ3n) is 3.32. The zero-order valence-corrected chi connectivity index (χ0v) is 11.7. The van der Waals surface area contributed by atoms with E-state index in [1.807, 2.05) is 11.0 Å². The minimum absolute atomic E-state index is 0.121. The number of hydrogen-bond donors (Lipinski definition) is 1. The molecule has 1 aliphatic rings. The van der Waals surface area contributed by atoms with Crippen LogP contribution in [0.2, 0.25) is 0 Å². The molecule has 7 nitrogen and oxygen atoms in total. The van der Waals surface area contributed by atoms with Crippen LogP contribution in [0.3, 0.4) is 0 Å². The Kier molecular flexibility index (Phi) is 5.51. The smallest absolute Gasteiger partial charge is 0.317 e. The Bertz CT molecular complexity index is 435. The van der Waals surface area contributed by atoms with E-state index in [2.05, 4.69) is 10.1 Å². The normalized spacial score (nSPS) is 18.1. The van der Waals surface area contributed by atoms with Gasteiger partial charge < -0.3 is 14.4 Å². The van der Waals surface area contributed by atoms with Crippen LogP contribution < -0.4 is 0 Å². The lowest BCUT2D eigenvalue weighted by atomic mass is 10.3. The van der Waals surface area contributed by atoms with Crippen LogP contribution in [0.1, 0.15) is 17.9 Å². The van der Waals surface area contributed by atoms with Crippen LogP contribution >= 0.6 is 0 Å². The SMILES string of the molecule is COCc1cc(CN2CCCN(CC(=O)O)CC2)no1. The van der Waals surface area contributed by atoms with Gasteiger partial charge in [0.1, 0.15) is 6.61 Å². The third-order valence-corrected chi connectivity index (χ3v) is 3.32. The van der Waals surface area contributed by atoms with Crippen molar-refractivity contribution < 1.29 is 19.2 Å². The van der Waals surface area contributed by atoms with Crippen molar-refractivity contribution in [1.29, 1.82) is 0 Å². The van der Waals surface area contributed by atoms with Gasteiger partial charge in [0, 0.05) is 39.4 Å². The zero-order valence-electron chi connectivity index (χ0n) is 11.7. The van der Waals surface area contributed by atoms with Crippen LogP contribution in [0.5, 0.6) is 0 Å². The predicted molar refractivity (Wildman–Crippen MR) is 71.2 cm³/mol. The molecule has 1 aliphatic heterocycles. The highest BCUT2D eigenvalue weighted by atomic mass is 16.5. The number of carboxylic acids is 1. The first-order chi connectivity index (χ1) is 9.67. The van der Waals surface area contributed by atoms with Crippen molar-refractivity contribution in [2.24, 2.45) is 0 Å². The molecule has 1 aromatic heterocycles. The van der Waals surface area contributed by atoms with Crippen molar-refractivity contribution in [1.82, 2.24) is 15.0 Å². The second-order valence-electron chi connectivity index (χ2n) is 5.02. The number of aromatic nitrogens is 1. The summed E-state index contributed by atoms with van der Waals surface area (Å²) in [5.74, 6) is -0.0380. The van der Waals surface area contributed by atoms with Crippen molar-refractivity contribution in [2.45, 2.75) is 19.6 Å². The lowest BCUT2D eigenvalue weighted by Crippen LogP contribution is -2.34. The van der Waals surface area contributed by atoms with Crippen LogP contribution in [0.4, 0.5) is 0 Å². The average molecular weight is 283 g/mol. The first-order valence-electron chi connectivity index (χ1n) is 6.77. The van der Waals surface area contributed by atoms with E-state index in [4.69, 9.17) is 14.4 Å². The summed E-state index contributed by atoms with van der Waals surface area (Å²) in [5.41, 5.74) is 0.892. The fraction of sp³-hybridized carbons (Fsp3) is 0.692. The number of aliphatic carboxylic acids is 1. The molecule has 1 aromatic rings. The van der Waals surface area contributed by atoms with E-state index in [9.17, 15) is 4.79 Å². The Hall–Kier alpha value is -1.44. The fourth-order valence-electron chi connectivity index (χ4n) is 2.40. The van der Waals surface area contributed by atoms with Crippen molar-refractivity contribution in [3.8, 4) is 0 Å². The molecule has 0 spiro atoms. The predicted octanol–water partition coefficient (Wildman–Crippen LogP) is 0.413. The van der Waals surface area contributed by atoms with Crippen LogP contribution in [0.25, 0.3) is 0 Å². The van der Waals surface area contributed by atoms with Crippen molar-refractivity contribution in [3.05, 3.63) is 17.5 Å². The molecule has 0 radical (unpaired) electrons. The quantitative estimate of drug-likeness (QED) is 0.810. The maximum absolute atomic E-state index is 10.7. The van der Waals surface area contributed by atoms with E-state index < -0.39 is 5.97 Å². The molecule has 0 aromatic carbocycles. The lowest BCUT2D eigenvalue weighted by molar-refractivity contribution is -0.138. The lowest BCUT2D eigenvalue weighted by Gasteiger charge is -2.19. The molecule has 1 N–H and O–H groups in total. The van der Waals surface area contributed by atoms with Gasteiger partial charge in [-0.1, -0.05) is 5.16 Å². The minimum atomic E-state index is -0.765. The maximum Gasteiger partial charge on any atom is 0.317 e. The molecule has 112 valence electrons. The Morgan fingerprint density at radius 2 is 2.15 bits per heavy atom. The van der Waals surface area contributed by atoms with Crippen molar-refractivity contribution in [3.63, 3.8) is 0 Å². The molecule has 0 amide bonds. The first-order valence-corrected chi connectivity index (χ1v) is 6.77. The summed E-state index contributed by atoms with van der Waals surface area (Å²) in [6, 6.07) is 1.91. The number of rotatable bonds is 6. The molecule has 2 rings (SSSR count). The van der Waals surface area contributed by atoms with Gasteiger partial charge >= 0.3 is 5.97 Å². The third kappa shape index (κ3) is 4.59. The number of nitrogens with zero attached hydrogens (tertiary/aromatic N) is 3. The van der Waals surface area contributed by atoms with Crippen LogP contribution in [-0.4, -0.2) is 65.9 Å². The number of methoxy groups -OCH3 is 1. The fourth-order valence-corrected chi connectivity index (χ4v) is 2.40.